The Morgan fingerprint density at radius 1 is 0.567 bits per heavy atom. The quantitative estimate of drug-likeness (QED) is 0.153. The van der Waals surface area contributed by atoms with Gasteiger partial charge in [0, 0.05) is 126 Å². The van der Waals surface area contributed by atoms with Crippen molar-refractivity contribution in [3.05, 3.63) is 159 Å². The third-order valence-corrected chi connectivity index (χ3v) is 14.3. The molecule has 0 saturated carbocycles. The fourth-order valence-electron chi connectivity index (χ4n) is 10.5. The van der Waals surface area contributed by atoms with Crippen molar-refractivity contribution < 1.29 is 18.8 Å². The van der Waals surface area contributed by atoms with Crippen LogP contribution < -0.4 is 0 Å². The Morgan fingerprint density at radius 3 is 1.57 bits per heavy atom. The van der Waals surface area contributed by atoms with Gasteiger partial charge in [-0.3, -0.25) is 14.4 Å². The Hall–Kier alpha value is -7.55. The number of para-hydroxylation sites is 3. The Labute approximate surface area is 386 Å². The fraction of sp³-hybridized carbons (Fsp3) is 0.308. The molecule has 342 valence electrons. The molecule has 67 heavy (non-hydrogen) atoms. The van der Waals surface area contributed by atoms with Crippen molar-refractivity contribution in [3.8, 4) is 0 Å². The van der Waals surface area contributed by atoms with Crippen LogP contribution >= 0.6 is 0 Å². The molecule has 2 aliphatic heterocycles. The number of Topliss-reactive ketones (excluding diaryl/α,β-unsaturated/α-hetero) is 1. The Bertz CT molecular complexity index is 3230. The van der Waals surface area contributed by atoms with Crippen molar-refractivity contribution in [2.75, 3.05) is 13.1 Å². The first-order chi connectivity index (χ1) is 32.4. The highest BCUT2D eigenvalue weighted by molar-refractivity contribution is 6.12. The highest BCUT2D eigenvalue weighted by atomic mass is 19.1. The summed E-state index contributed by atoms with van der Waals surface area (Å²) in [6.45, 7) is 8.33. The van der Waals surface area contributed by atoms with Crippen LogP contribution in [0.3, 0.4) is 0 Å². The zero-order chi connectivity index (χ0) is 46.7. The van der Waals surface area contributed by atoms with E-state index in [1.165, 1.54) is 11.8 Å². The van der Waals surface area contributed by atoms with Crippen LogP contribution in [-0.2, 0) is 59.9 Å². The maximum absolute atomic E-state index is 14.2. The number of halogens is 1. The zero-order valence-corrected chi connectivity index (χ0v) is 38.7. The first kappa shape index (κ1) is 43.3. The molecule has 0 spiro atoms. The van der Waals surface area contributed by atoms with Crippen LogP contribution in [0.1, 0.15) is 88.7 Å². The lowest BCUT2D eigenvalue weighted by atomic mass is 9.82. The highest BCUT2D eigenvalue weighted by Crippen LogP contribution is 2.36. The number of aryl methyl sites for hydroxylation is 6. The summed E-state index contributed by atoms with van der Waals surface area (Å²) >= 11 is 0. The van der Waals surface area contributed by atoms with Gasteiger partial charge in [-0.15, -0.1) is 0 Å². The number of nitrogens with one attached hydrogen (secondary N) is 3. The number of imidazole rings is 3. The van der Waals surface area contributed by atoms with Crippen LogP contribution in [-0.4, -0.2) is 84.1 Å². The molecule has 0 radical (unpaired) electrons. The highest BCUT2D eigenvalue weighted by Gasteiger charge is 2.34. The van der Waals surface area contributed by atoms with Gasteiger partial charge in [0.25, 0.3) is 11.8 Å². The number of rotatable bonds is 6. The lowest BCUT2D eigenvalue weighted by Gasteiger charge is -2.27. The van der Waals surface area contributed by atoms with Gasteiger partial charge < -0.3 is 38.5 Å². The Morgan fingerprint density at radius 2 is 1.03 bits per heavy atom. The second-order valence-electron chi connectivity index (χ2n) is 18.0. The normalized spacial score (nSPS) is 15.7. The second kappa shape index (κ2) is 17.3. The second-order valence-corrected chi connectivity index (χ2v) is 18.0. The molecule has 1 aliphatic carbocycles. The predicted molar refractivity (Wildman–Crippen MR) is 255 cm³/mol. The maximum atomic E-state index is 14.2. The van der Waals surface area contributed by atoms with Gasteiger partial charge in [0.2, 0.25) is 0 Å². The molecule has 3 N–H and O–H groups in total. The molecule has 1 unspecified atom stereocenters. The zero-order valence-electron chi connectivity index (χ0n) is 38.7. The van der Waals surface area contributed by atoms with Crippen LogP contribution in [0.5, 0.6) is 0 Å². The molecule has 14 nitrogen and oxygen atoms in total. The minimum Gasteiger partial charge on any atom is -0.348 e. The van der Waals surface area contributed by atoms with Gasteiger partial charge in [-0.2, -0.15) is 0 Å². The van der Waals surface area contributed by atoms with Crippen molar-refractivity contribution in [2.45, 2.75) is 66.0 Å². The van der Waals surface area contributed by atoms with E-state index in [9.17, 15) is 18.8 Å². The summed E-state index contributed by atoms with van der Waals surface area (Å²) in [5.74, 6) is 0.0907. The van der Waals surface area contributed by atoms with Crippen LogP contribution in [0.2, 0.25) is 0 Å². The smallest absolute Gasteiger partial charge is 0.256 e. The molecule has 0 saturated heterocycles. The van der Waals surface area contributed by atoms with Gasteiger partial charge in [0.15, 0.2) is 5.78 Å². The summed E-state index contributed by atoms with van der Waals surface area (Å²) in [5, 5.41) is 2.83. The van der Waals surface area contributed by atoms with Crippen LogP contribution in [0.15, 0.2) is 85.7 Å². The monoisotopic (exact) mass is 899 g/mol. The minimum atomic E-state index is -0.290. The Balaban J connectivity index is 0.000000118. The van der Waals surface area contributed by atoms with Crippen LogP contribution in [0.4, 0.5) is 4.39 Å². The number of ketones is 1. The molecule has 15 heteroatoms. The van der Waals surface area contributed by atoms with E-state index in [0.29, 0.717) is 36.1 Å². The average Bonchev–Trinajstić information content (AvgIpc) is 4.19. The van der Waals surface area contributed by atoms with Crippen LogP contribution in [0.25, 0.3) is 32.7 Å². The first-order valence-electron chi connectivity index (χ1n) is 22.9. The number of carbonyl (C=O) groups excluding carboxylic acids is 3. The number of aromatic nitrogens is 9. The number of hydrogen-bond acceptors (Lipinski definition) is 6. The van der Waals surface area contributed by atoms with Gasteiger partial charge >= 0.3 is 0 Å². The van der Waals surface area contributed by atoms with E-state index in [4.69, 9.17) is 0 Å². The molecule has 3 aliphatic rings. The summed E-state index contributed by atoms with van der Waals surface area (Å²) in [7, 11) is 5.93. The molecule has 1 atom stereocenters. The molecule has 8 heterocycles. The molecular weight excluding hydrogens is 846 g/mol. The van der Waals surface area contributed by atoms with Gasteiger partial charge in [0.05, 0.1) is 65.8 Å². The standard InChI is InChI=1S/C18H19N3O.C17H17FN4O.C17H18N4O/c1-11-14(20-10-19-11)9-12-7-8-16-17(18(12)22)13-5-3-4-6-15(13)21(16)2;1-10-13(20-9-19-10)8-22-7-6-14-15(17(22)23)11-4-3-5-12(18)16(11)21(14)2;1-11-13(19-10-18-11)9-21-8-7-15-16(17(21)22)12-5-3-4-6-14(12)20(15)2/h3-6,10,12H,7-9H2,1-2H3,(H,19,20);3-5,9H,6-8H2,1-2H3,(H,19,20);3-6,10H,7-9H2,1-2H3,(H,18,19). The van der Waals surface area contributed by atoms with Gasteiger partial charge in [0.1, 0.15) is 5.82 Å². The molecular formula is C52H54FN11O3. The number of benzene rings is 3. The third-order valence-electron chi connectivity index (χ3n) is 14.3. The fourth-order valence-corrected chi connectivity index (χ4v) is 10.5. The third kappa shape index (κ3) is 7.51. The summed E-state index contributed by atoms with van der Waals surface area (Å²) in [6, 6.07) is 21.2. The van der Waals surface area contributed by atoms with Crippen molar-refractivity contribution in [1.29, 1.82) is 0 Å². The molecule has 6 aromatic heterocycles. The van der Waals surface area contributed by atoms with E-state index in [2.05, 4.69) is 64.3 Å². The summed E-state index contributed by atoms with van der Waals surface area (Å²) in [4.78, 5) is 64.8. The molecule has 0 fully saturated rings. The van der Waals surface area contributed by atoms with E-state index < -0.39 is 0 Å². The number of fused-ring (bicyclic) bond motifs is 9. The predicted octanol–water partition coefficient (Wildman–Crippen LogP) is 8.15. The van der Waals surface area contributed by atoms with Crippen LogP contribution in [0, 0.1) is 32.5 Å². The topological polar surface area (TPSA) is 159 Å². The van der Waals surface area contributed by atoms with E-state index in [1.54, 1.807) is 29.9 Å². The number of hydrogen-bond donors (Lipinski definition) is 3. The molecule has 0 bridgehead atoms. The average molecular weight is 900 g/mol. The SMILES string of the molecule is Cc1[nH]cnc1CC1CCc2c(c3ccccc3n2C)C1=O.Cc1[nH]cnc1CN1CCc2c(c3cccc(F)c3n2C)C1=O.Cc1[nH]cnc1CN1CCc2c(c3ccccc3n2C)C1=O. The number of amides is 2. The lowest BCUT2D eigenvalue weighted by molar-refractivity contribution is 0.0718. The van der Waals surface area contributed by atoms with Gasteiger partial charge in [-0.05, 0) is 51.8 Å². The van der Waals surface area contributed by atoms with Crippen molar-refractivity contribution in [3.63, 3.8) is 0 Å². The molecule has 12 rings (SSSR count). The number of H-pyrrole nitrogens is 3. The van der Waals surface area contributed by atoms with Crippen molar-refractivity contribution in [1.82, 2.24) is 53.4 Å². The van der Waals surface area contributed by atoms with E-state index in [-0.39, 0.29) is 29.3 Å². The Kier molecular flexibility index (Phi) is 11.2. The van der Waals surface area contributed by atoms with Gasteiger partial charge in [-0.25, -0.2) is 19.3 Å². The van der Waals surface area contributed by atoms with Crippen molar-refractivity contribution in [2.24, 2.45) is 27.1 Å². The van der Waals surface area contributed by atoms with Gasteiger partial charge in [-0.1, -0.05) is 48.5 Å². The van der Waals surface area contributed by atoms with E-state index >= 15 is 0 Å². The number of carbonyl (C=O) groups is 3. The number of aromatic amines is 3. The van der Waals surface area contributed by atoms with E-state index in [0.717, 1.165) is 117 Å². The van der Waals surface area contributed by atoms with E-state index in [1.807, 2.05) is 80.7 Å². The summed E-state index contributed by atoms with van der Waals surface area (Å²) < 4.78 is 20.3. The molecule has 2 amide bonds. The maximum Gasteiger partial charge on any atom is 0.256 e. The summed E-state index contributed by atoms with van der Waals surface area (Å²) in [6.07, 6.45) is 9.23. The molecule has 3 aromatic carbocycles. The minimum absolute atomic E-state index is 0.0420. The molecule has 9 aromatic rings. The number of nitrogens with zero attached hydrogens (tertiary/aromatic N) is 8. The summed E-state index contributed by atoms with van der Waals surface area (Å²) in [5.41, 5.74) is 14.3. The first-order valence-corrected chi connectivity index (χ1v) is 22.9. The van der Waals surface area contributed by atoms with Crippen molar-refractivity contribution >= 4 is 50.3 Å². The lowest BCUT2D eigenvalue weighted by Crippen LogP contribution is -2.37. The largest absolute Gasteiger partial charge is 0.348 e.